The van der Waals surface area contributed by atoms with Gasteiger partial charge in [0.15, 0.2) is 0 Å². The molecule has 2 atom stereocenters. The number of anilines is 1. The van der Waals surface area contributed by atoms with Gasteiger partial charge in [0, 0.05) is 19.1 Å². The highest BCUT2D eigenvalue weighted by Crippen LogP contribution is 2.31. The van der Waals surface area contributed by atoms with Crippen LogP contribution in [0.5, 0.6) is 0 Å². The van der Waals surface area contributed by atoms with Gasteiger partial charge in [-0.2, -0.15) is 5.26 Å². The zero-order valence-electron chi connectivity index (χ0n) is 10.8. The Bertz CT molecular complexity index is 475. The van der Waals surface area contributed by atoms with E-state index in [4.69, 9.17) is 0 Å². The minimum Gasteiger partial charge on any atom is -0.369 e. The van der Waals surface area contributed by atoms with E-state index in [0.29, 0.717) is 6.04 Å². The molecule has 1 aromatic carbocycles. The first kappa shape index (κ1) is 11.6. The molecule has 94 valence electrons. The average molecular weight is 241 g/mol. The van der Waals surface area contributed by atoms with Gasteiger partial charge >= 0.3 is 0 Å². The molecule has 0 bridgehead atoms. The average Bonchev–Trinajstić information content (AvgIpc) is 2.82. The predicted octanol–water partition coefficient (Wildman–Crippen LogP) is 2.05. The van der Waals surface area contributed by atoms with Crippen molar-refractivity contribution in [1.29, 1.82) is 5.26 Å². The number of benzene rings is 1. The predicted molar refractivity (Wildman–Crippen MR) is 72.6 cm³/mol. The van der Waals surface area contributed by atoms with Gasteiger partial charge in [-0.3, -0.25) is 0 Å². The highest BCUT2D eigenvalue weighted by atomic mass is 15.2. The van der Waals surface area contributed by atoms with Crippen LogP contribution in [0.15, 0.2) is 18.2 Å². The van der Waals surface area contributed by atoms with Crippen LogP contribution < -0.4 is 10.2 Å². The van der Waals surface area contributed by atoms with Crippen LogP contribution in [0.3, 0.4) is 0 Å². The van der Waals surface area contributed by atoms with Crippen LogP contribution in [-0.2, 0) is 0 Å². The molecule has 2 fully saturated rings. The molecule has 1 N–H and O–H groups in total. The van der Waals surface area contributed by atoms with Gasteiger partial charge in [0.25, 0.3) is 0 Å². The van der Waals surface area contributed by atoms with Gasteiger partial charge in [-0.1, -0.05) is 6.07 Å². The van der Waals surface area contributed by atoms with E-state index >= 15 is 0 Å². The highest BCUT2D eigenvalue weighted by Gasteiger charge is 2.34. The third kappa shape index (κ3) is 1.97. The number of rotatable bonds is 1. The molecule has 2 aliphatic rings. The summed E-state index contributed by atoms with van der Waals surface area (Å²) in [6.45, 7) is 5.37. The summed E-state index contributed by atoms with van der Waals surface area (Å²) in [7, 11) is 0. The Morgan fingerprint density at radius 3 is 3.06 bits per heavy atom. The van der Waals surface area contributed by atoms with E-state index in [1.807, 2.05) is 12.1 Å². The molecule has 3 rings (SSSR count). The lowest BCUT2D eigenvalue weighted by Gasteiger charge is -2.24. The summed E-state index contributed by atoms with van der Waals surface area (Å²) in [5.74, 6) is 0.755. The van der Waals surface area contributed by atoms with E-state index in [0.717, 1.165) is 36.8 Å². The summed E-state index contributed by atoms with van der Waals surface area (Å²) in [5.41, 5.74) is 3.15. The number of nitriles is 1. The summed E-state index contributed by atoms with van der Waals surface area (Å²) in [6.07, 6.45) is 2.61. The molecule has 18 heavy (non-hydrogen) atoms. The SMILES string of the molecule is Cc1ccc(C#N)c(N2C[C@@H]3CCCN[C@@H]3C2)c1. The van der Waals surface area contributed by atoms with Gasteiger partial charge < -0.3 is 10.2 Å². The van der Waals surface area contributed by atoms with E-state index < -0.39 is 0 Å². The molecule has 0 spiro atoms. The first-order valence-electron chi connectivity index (χ1n) is 6.77. The largest absolute Gasteiger partial charge is 0.369 e. The molecular weight excluding hydrogens is 222 g/mol. The van der Waals surface area contributed by atoms with Crippen molar-refractivity contribution in [2.24, 2.45) is 5.92 Å². The van der Waals surface area contributed by atoms with Crippen molar-refractivity contribution in [1.82, 2.24) is 5.32 Å². The first-order valence-corrected chi connectivity index (χ1v) is 6.77. The number of nitrogens with zero attached hydrogens (tertiary/aromatic N) is 2. The first-order chi connectivity index (χ1) is 8.78. The van der Waals surface area contributed by atoms with Crippen LogP contribution in [-0.4, -0.2) is 25.7 Å². The van der Waals surface area contributed by atoms with Crippen molar-refractivity contribution in [3.63, 3.8) is 0 Å². The van der Waals surface area contributed by atoms with Gasteiger partial charge in [-0.05, 0) is 49.9 Å². The second-order valence-electron chi connectivity index (χ2n) is 5.50. The van der Waals surface area contributed by atoms with Gasteiger partial charge in [-0.15, -0.1) is 0 Å². The van der Waals surface area contributed by atoms with Crippen molar-refractivity contribution < 1.29 is 0 Å². The molecule has 0 aliphatic carbocycles. The smallest absolute Gasteiger partial charge is 0.101 e. The Balaban J connectivity index is 1.88. The van der Waals surface area contributed by atoms with E-state index in [-0.39, 0.29) is 0 Å². The molecule has 3 nitrogen and oxygen atoms in total. The van der Waals surface area contributed by atoms with Crippen LogP contribution in [0.25, 0.3) is 0 Å². The Morgan fingerprint density at radius 1 is 1.39 bits per heavy atom. The van der Waals surface area contributed by atoms with Gasteiger partial charge in [-0.25, -0.2) is 0 Å². The zero-order chi connectivity index (χ0) is 12.5. The van der Waals surface area contributed by atoms with Gasteiger partial charge in [0.1, 0.15) is 6.07 Å². The van der Waals surface area contributed by atoms with Crippen molar-refractivity contribution in [3.8, 4) is 6.07 Å². The maximum atomic E-state index is 9.24. The van der Waals surface area contributed by atoms with Crippen molar-refractivity contribution in [2.75, 3.05) is 24.5 Å². The van der Waals surface area contributed by atoms with Crippen LogP contribution in [0, 0.1) is 24.2 Å². The van der Waals surface area contributed by atoms with E-state index in [1.54, 1.807) is 0 Å². The Kier molecular flexibility index (Phi) is 2.97. The summed E-state index contributed by atoms with van der Waals surface area (Å²) in [6, 6.07) is 9.05. The number of piperidine rings is 1. The Hall–Kier alpha value is -1.53. The van der Waals surface area contributed by atoms with Gasteiger partial charge in [0.05, 0.1) is 11.3 Å². The van der Waals surface area contributed by atoms with Crippen LogP contribution >= 0.6 is 0 Å². The monoisotopic (exact) mass is 241 g/mol. The molecule has 2 heterocycles. The fourth-order valence-corrected chi connectivity index (χ4v) is 3.24. The van der Waals surface area contributed by atoms with Crippen LogP contribution in [0.1, 0.15) is 24.0 Å². The maximum absolute atomic E-state index is 9.24. The summed E-state index contributed by atoms with van der Waals surface area (Å²) < 4.78 is 0. The number of aryl methyl sites for hydroxylation is 1. The summed E-state index contributed by atoms with van der Waals surface area (Å²) in [4.78, 5) is 2.39. The molecule has 0 unspecified atom stereocenters. The second kappa shape index (κ2) is 4.62. The lowest BCUT2D eigenvalue weighted by molar-refractivity contribution is 0.340. The third-order valence-corrected chi connectivity index (χ3v) is 4.21. The van der Waals surface area contributed by atoms with E-state index in [1.165, 1.54) is 18.4 Å². The van der Waals surface area contributed by atoms with E-state index in [9.17, 15) is 5.26 Å². The molecule has 2 saturated heterocycles. The zero-order valence-corrected chi connectivity index (χ0v) is 10.8. The number of nitrogens with one attached hydrogen (secondary N) is 1. The fraction of sp³-hybridized carbons (Fsp3) is 0.533. The molecule has 3 heteroatoms. The molecule has 0 amide bonds. The highest BCUT2D eigenvalue weighted by molar-refractivity contribution is 5.61. The van der Waals surface area contributed by atoms with Gasteiger partial charge in [0.2, 0.25) is 0 Å². The van der Waals surface area contributed by atoms with E-state index in [2.05, 4.69) is 29.3 Å². The minimum absolute atomic E-state index is 0.616. The Morgan fingerprint density at radius 2 is 2.28 bits per heavy atom. The van der Waals surface area contributed by atoms with Crippen LogP contribution in [0.2, 0.25) is 0 Å². The fourth-order valence-electron chi connectivity index (χ4n) is 3.24. The number of fused-ring (bicyclic) bond motifs is 1. The van der Waals surface area contributed by atoms with Crippen molar-refractivity contribution >= 4 is 5.69 Å². The molecule has 1 aromatic rings. The molecule has 0 radical (unpaired) electrons. The molecule has 0 saturated carbocycles. The topological polar surface area (TPSA) is 39.1 Å². The molecule has 2 aliphatic heterocycles. The molecule has 0 aromatic heterocycles. The van der Waals surface area contributed by atoms with Crippen molar-refractivity contribution in [2.45, 2.75) is 25.8 Å². The lowest BCUT2D eigenvalue weighted by atomic mass is 9.94. The van der Waals surface area contributed by atoms with Crippen LogP contribution in [0.4, 0.5) is 5.69 Å². The number of hydrogen-bond acceptors (Lipinski definition) is 3. The maximum Gasteiger partial charge on any atom is 0.101 e. The molecular formula is C15H19N3. The van der Waals surface area contributed by atoms with Crippen molar-refractivity contribution in [3.05, 3.63) is 29.3 Å². The lowest BCUT2D eigenvalue weighted by Crippen LogP contribution is -2.40. The third-order valence-electron chi connectivity index (χ3n) is 4.21. The quantitative estimate of drug-likeness (QED) is 0.818. The minimum atomic E-state index is 0.616. The standard InChI is InChI=1S/C15H19N3/c1-11-4-5-12(8-16)15(7-11)18-9-13-3-2-6-17-14(13)10-18/h4-5,7,13-14,17H,2-3,6,9-10H2,1H3/t13-,14+/m0/s1. The summed E-state index contributed by atoms with van der Waals surface area (Å²) in [5, 5.41) is 12.8. The summed E-state index contributed by atoms with van der Waals surface area (Å²) >= 11 is 0. The number of hydrogen-bond donors (Lipinski definition) is 1. The normalized spacial score (nSPS) is 26.8. The Labute approximate surface area is 108 Å². The second-order valence-corrected chi connectivity index (χ2v) is 5.50.